The van der Waals surface area contributed by atoms with E-state index < -0.39 is 6.98 Å². The summed E-state index contributed by atoms with van der Waals surface area (Å²) >= 11 is 0. The van der Waals surface area contributed by atoms with Gasteiger partial charge in [0, 0.05) is 23.0 Å². The van der Waals surface area contributed by atoms with Crippen molar-refractivity contribution in [2.24, 2.45) is 0 Å². The number of aromatic nitrogens is 1. The van der Waals surface area contributed by atoms with Crippen LogP contribution in [0.3, 0.4) is 0 Å². The molecule has 3 nitrogen and oxygen atoms in total. The van der Waals surface area contributed by atoms with Gasteiger partial charge in [0.05, 0.1) is 5.69 Å². The van der Waals surface area contributed by atoms with Crippen molar-refractivity contribution >= 4 is 17.2 Å². The molecule has 0 fully saturated rings. The number of hydrogen-bond acceptors (Lipinski definition) is 3. The van der Waals surface area contributed by atoms with Crippen LogP contribution in [0.5, 0.6) is 0 Å². The van der Waals surface area contributed by atoms with E-state index in [0.717, 1.165) is 11.3 Å². The van der Waals surface area contributed by atoms with E-state index in [2.05, 4.69) is 4.98 Å². The summed E-state index contributed by atoms with van der Waals surface area (Å²) in [6.45, 7) is 1.71. The molecule has 92 valence electrons. The van der Waals surface area contributed by atoms with Crippen LogP contribution in [-0.2, 0) is 0 Å². The van der Waals surface area contributed by atoms with Gasteiger partial charge in [0.2, 0.25) is 0 Å². The third-order valence-corrected chi connectivity index (χ3v) is 3.38. The fraction of sp³-hybridized carbons (Fsp3) is 0.267. The molecule has 0 saturated heterocycles. The van der Waals surface area contributed by atoms with Crippen LogP contribution in [0.25, 0.3) is 0 Å². The summed E-state index contributed by atoms with van der Waals surface area (Å²) < 4.78 is 23.4. The molecular weight excluding hydrogens is 222 g/mol. The van der Waals surface area contributed by atoms with Gasteiger partial charge in [-0.05, 0) is 37.6 Å². The first-order chi connectivity index (χ1) is 9.91. The molecule has 3 heteroatoms. The molecule has 1 aliphatic rings. The number of hydrogen-bond donors (Lipinski definition) is 0. The van der Waals surface area contributed by atoms with Gasteiger partial charge < -0.3 is 9.80 Å². The minimum absolute atomic E-state index is 0.316. The van der Waals surface area contributed by atoms with Crippen molar-refractivity contribution in [3.05, 3.63) is 48.2 Å². The van der Waals surface area contributed by atoms with Gasteiger partial charge >= 0.3 is 0 Å². The monoisotopic (exact) mass is 242 g/mol. The average molecular weight is 242 g/mol. The fourth-order valence-electron chi connectivity index (χ4n) is 2.40. The number of aryl methyl sites for hydroxylation is 1. The molecule has 1 aromatic carbocycles. The Labute approximate surface area is 112 Å². The van der Waals surface area contributed by atoms with E-state index in [0.29, 0.717) is 11.5 Å². The van der Waals surface area contributed by atoms with Crippen molar-refractivity contribution in [1.29, 1.82) is 0 Å². The standard InChI is InChI=1S/C15H17N3/c1-11-7-4-5-8-13(11)18-12(2)17(3)14-9-6-10-16-15(14)18/h4-10,12H,1-3H3/i3D3. The summed E-state index contributed by atoms with van der Waals surface area (Å²) in [5.41, 5.74) is 2.72. The van der Waals surface area contributed by atoms with E-state index >= 15 is 0 Å². The van der Waals surface area contributed by atoms with Crippen LogP contribution in [0.15, 0.2) is 42.6 Å². The van der Waals surface area contributed by atoms with Gasteiger partial charge in [0.15, 0.2) is 5.82 Å². The predicted octanol–water partition coefficient (Wildman–Crippen LogP) is 3.32. The number of rotatable bonds is 1. The lowest BCUT2D eigenvalue weighted by atomic mass is 10.2. The summed E-state index contributed by atoms with van der Waals surface area (Å²) in [4.78, 5) is 7.84. The Morgan fingerprint density at radius 3 is 2.72 bits per heavy atom. The van der Waals surface area contributed by atoms with E-state index in [9.17, 15) is 0 Å². The Bertz CT molecular complexity index is 669. The first-order valence-electron chi connectivity index (χ1n) is 7.50. The number of fused-ring (bicyclic) bond motifs is 1. The van der Waals surface area contributed by atoms with Crippen molar-refractivity contribution in [2.75, 3.05) is 16.8 Å². The Morgan fingerprint density at radius 2 is 1.94 bits per heavy atom. The maximum atomic E-state index is 7.80. The maximum absolute atomic E-state index is 7.80. The van der Waals surface area contributed by atoms with Crippen LogP contribution < -0.4 is 9.80 Å². The van der Waals surface area contributed by atoms with Gasteiger partial charge in [-0.2, -0.15) is 0 Å². The highest BCUT2D eigenvalue weighted by Crippen LogP contribution is 2.42. The van der Waals surface area contributed by atoms with E-state index in [-0.39, 0.29) is 6.17 Å². The first kappa shape index (κ1) is 8.14. The van der Waals surface area contributed by atoms with Gasteiger partial charge in [0.1, 0.15) is 6.17 Å². The van der Waals surface area contributed by atoms with Crippen LogP contribution in [0.4, 0.5) is 17.2 Å². The second-order valence-corrected chi connectivity index (χ2v) is 4.50. The molecule has 1 unspecified atom stereocenters. The largest absolute Gasteiger partial charge is 0.351 e. The van der Waals surface area contributed by atoms with Crippen LogP contribution in [-0.4, -0.2) is 18.1 Å². The average Bonchev–Trinajstić information content (AvgIpc) is 2.71. The lowest BCUT2D eigenvalue weighted by molar-refractivity contribution is 0.729. The summed E-state index contributed by atoms with van der Waals surface area (Å²) in [6, 6.07) is 11.5. The zero-order valence-corrected chi connectivity index (χ0v) is 10.5. The van der Waals surface area contributed by atoms with Crippen molar-refractivity contribution < 1.29 is 4.11 Å². The number of para-hydroxylation sites is 1. The van der Waals surface area contributed by atoms with Crippen LogP contribution in [0, 0.1) is 6.92 Å². The van der Waals surface area contributed by atoms with Gasteiger partial charge in [-0.25, -0.2) is 4.98 Å². The molecule has 2 aromatic rings. The van der Waals surface area contributed by atoms with E-state index in [1.54, 1.807) is 12.3 Å². The smallest absolute Gasteiger partial charge is 0.158 e. The maximum Gasteiger partial charge on any atom is 0.158 e. The van der Waals surface area contributed by atoms with Crippen molar-refractivity contribution in [1.82, 2.24) is 4.98 Å². The molecule has 0 amide bonds. The number of anilines is 3. The molecule has 0 N–H and O–H groups in total. The second-order valence-electron chi connectivity index (χ2n) is 4.50. The molecule has 0 radical (unpaired) electrons. The van der Waals surface area contributed by atoms with Crippen LogP contribution >= 0.6 is 0 Å². The highest BCUT2D eigenvalue weighted by molar-refractivity contribution is 5.81. The number of nitrogens with zero attached hydrogens (tertiary/aromatic N) is 3. The van der Waals surface area contributed by atoms with E-state index in [1.165, 1.54) is 4.90 Å². The molecule has 1 aromatic heterocycles. The number of benzene rings is 1. The fourth-order valence-corrected chi connectivity index (χ4v) is 2.40. The zero-order valence-electron chi connectivity index (χ0n) is 13.5. The highest BCUT2D eigenvalue weighted by Gasteiger charge is 2.32. The third-order valence-electron chi connectivity index (χ3n) is 3.38. The molecule has 0 spiro atoms. The molecule has 1 aliphatic heterocycles. The Morgan fingerprint density at radius 1 is 1.17 bits per heavy atom. The molecule has 0 aliphatic carbocycles. The topological polar surface area (TPSA) is 19.4 Å². The summed E-state index contributed by atoms with van der Waals surface area (Å²) in [6.07, 6.45) is 1.38. The summed E-state index contributed by atoms with van der Waals surface area (Å²) in [5.74, 6) is 0.690. The molecule has 3 rings (SSSR count). The first-order valence-corrected chi connectivity index (χ1v) is 6.00. The number of pyridine rings is 1. The van der Waals surface area contributed by atoms with Crippen LogP contribution in [0.1, 0.15) is 16.6 Å². The summed E-state index contributed by atoms with van der Waals surface area (Å²) in [7, 11) is 0. The Kier molecular flexibility index (Phi) is 1.82. The quantitative estimate of drug-likeness (QED) is 0.764. The Balaban J connectivity index is 2.18. The molecule has 1 atom stereocenters. The van der Waals surface area contributed by atoms with E-state index in [4.69, 9.17) is 4.11 Å². The summed E-state index contributed by atoms with van der Waals surface area (Å²) in [5, 5.41) is 0. The molecule has 0 bridgehead atoms. The lowest BCUT2D eigenvalue weighted by Gasteiger charge is -2.28. The molecule has 18 heavy (non-hydrogen) atoms. The van der Waals surface area contributed by atoms with Crippen molar-refractivity contribution in [3.8, 4) is 0 Å². The molecule has 0 saturated carbocycles. The molecule has 2 heterocycles. The van der Waals surface area contributed by atoms with E-state index in [1.807, 2.05) is 49.1 Å². The lowest BCUT2D eigenvalue weighted by Crippen LogP contribution is -2.36. The second kappa shape index (κ2) is 4.02. The predicted molar refractivity (Wildman–Crippen MR) is 75.4 cm³/mol. The highest BCUT2D eigenvalue weighted by atomic mass is 15.4. The zero-order chi connectivity index (χ0) is 15.2. The Hall–Kier alpha value is -2.03. The minimum atomic E-state index is -2.20. The third kappa shape index (κ3) is 1.47. The van der Waals surface area contributed by atoms with Crippen molar-refractivity contribution in [2.45, 2.75) is 20.0 Å². The molecular formula is C15H17N3. The normalized spacial score (nSPS) is 21.2. The van der Waals surface area contributed by atoms with Gasteiger partial charge in [-0.1, -0.05) is 18.2 Å². The van der Waals surface area contributed by atoms with Gasteiger partial charge in [0.25, 0.3) is 0 Å². The van der Waals surface area contributed by atoms with Crippen LogP contribution in [0.2, 0.25) is 0 Å². The van der Waals surface area contributed by atoms with Crippen molar-refractivity contribution in [3.63, 3.8) is 0 Å². The SMILES string of the molecule is [2H]C([2H])([2H])N1c2cccnc2N(c2ccccc2C)C1C. The van der Waals surface area contributed by atoms with Gasteiger partial charge in [-0.3, -0.25) is 0 Å². The van der Waals surface area contributed by atoms with Gasteiger partial charge in [-0.15, -0.1) is 0 Å². The minimum Gasteiger partial charge on any atom is -0.351 e.